The molecule has 2 aromatic rings. The van der Waals surface area contributed by atoms with Crippen LogP contribution in [0.5, 0.6) is 0 Å². The Kier molecular flexibility index (Phi) is 6.13. The molecule has 0 saturated heterocycles. The van der Waals surface area contributed by atoms with E-state index in [1.807, 2.05) is 37.4 Å². The number of nitrogens with one attached hydrogen (secondary N) is 1. The Balaban J connectivity index is 2.33. The van der Waals surface area contributed by atoms with Gasteiger partial charge in [-0.1, -0.05) is 24.3 Å². The molecule has 7 heteroatoms. The topological polar surface area (TPSA) is 66.5 Å². The number of thioether (sulfide) groups is 1. The molecule has 0 aromatic heterocycles. The number of benzene rings is 2. The van der Waals surface area contributed by atoms with Gasteiger partial charge in [-0.3, -0.25) is 9.10 Å². The first-order valence-corrected chi connectivity index (χ1v) is 10.8. The number of anilines is 2. The van der Waals surface area contributed by atoms with Gasteiger partial charge in [-0.15, -0.1) is 11.8 Å². The van der Waals surface area contributed by atoms with Gasteiger partial charge in [0.15, 0.2) is 0 Å². The van der Waals surface area contributed by atoms with Crippen molar-refractivity contribution < 1.29 is 13.2 Å². The van der Waals surface area contributed by atoms with Gasteiger partial charge in [0.25, 0.3) is 0 Å². The molecule has 0 heterocycles. The van der Waals surface area contributed by atoms with E-state index in [9.17, 15) is 13.2 Å². The summed E-state index contributed by atoms with van der Waals surface area (Å²) < 4.78 is 25.8. The third-order valence-electron chi connectivity index (χ3n) is 3.71. The zero-order valence-corrected chi connectivity index (χ0v) is 16.3. The summed E-state index contributed by atoms with van der Waals surface area (Å²) >= 11 is 1.51. The maximum absolute atomic E-state index is 12.7. The summed E-state index contributed by atoms with van der Waals surface area (Å²) in [6, 6.07) is 13.6. The second kappa shape index (κ2) is 7.93. The third kappa shape index (κ3) is 4.76. The first-order chi connectivity index (χ1) is 11.7. The van der Waals surface area contributed by atoms with Gasteiger partial charge in [0.05, 0.1) is 17.6 Å². The summed E-state index contributed by atoms with van der Waals surface area (Å²) in [6.45, 7) is 3.46. The minimum Gasteiger partial charge on any atom is -0.323 e. The lowest BCUT2D eigenvalue weighted by atomic mass is 10.2. The van der Waals surface area contributed by atoms with Crippen LogP contribution in [-0.2, 0) is 14.8 Å². The molecule has 5 nitrogen and oxygen atoms in total. The first-order valence-electron chi connectivity index (χ1n) is 7.74. The Morgan fingerprint density at radius 3 is 2.44 bits per heavy atom. The quantitative estimate of drug-likeness (QED) is 0.781. The normalized spacial score (nSPS) is 12.5. The molecule has 0 radical (unpaired) electrons. The van der Waals surface area contributed by atoms with Crippen LogP contribution in [0, 0.1) is 6.92 Å². The molecule has 0 fully saturated rings. The number of sulfonamides is 1. The van der Waals surface area contributed by atoms with Crippen molar-refractivity contribution in [2.75, 3.05) is 22.1 Å². The average molecular weight is 379 g/mol. The van der Waals surface area contributed by atoms with Crippen molar-refractivity contribution >= 4 is 39.1 Å². The van der Waals surface area contributed by atoms with E-state index in [0.29, 0.717) is 11.4 Å². The molecule has 0 spiro atoms. The largest absolute Gasteiger partial charge is 0.323 e. The predicted molar refractivity (Wildman–Crippen MR) is 105 cm³/mol. The number of carbonyl (C=O) groups excluding carboxylic acids is 1. The van der Waals surface area contributed by atoms with Crippen LogP contribution in [0.3, 0.4) is 0 Å². The molecule has 0 aliphatic rings. The van der Waals surface area contributed by atoms with Crippen molar-refractivity contribution in [3.63, 3.8) is 0 Å². The molecule has 0 aliphatic carbocycles. The van der Waals surface area contributed by atoms with E-state index in [-0.39, 0.29) is 5.91 Å². The highest BCUT2D eigenvalue weighted by molar-refractivity contribution is 7.98. The number of hydrogen-bond donors (Lipinski definition) is 1. The molecule has 134 valence electrons. The predicted octanol–water partition coefficient (Wildman–Crippen LogP) is 3.51. The summed E-state index contributed by atoms with van der Waals surface area (Å²) in [4.78, 5) is 13.6. The monoisotopic (exact) mass is 378 g/mol. The molecule has 0 unspecified atom stereocenters. The van der Waals surface area contributed by atoms with Crippen LogP contribution in [0.25, 0.3) is 0 Å². The molecular formula is C18H22N2O3S2. The molecule has 25 heavy (non-hydrogen) atoms. The van der Waals surface area contributed by atoms with Crippen LogP contribution in [0.15, 0.2) is 53.4 Å². The number of carbonyl (C=O) groups is 1. The minimum absolute atomic E-state index is 0.381. The van der Waals surface area contributed by atoms with Crippen molar-refractivity contribution in [1.82, 2.24) is 0 Å². The van der Waals surface area contributed by atoms with Crippen LogP contribution in [0.2, 0.25) is 0 Å². The molecule has 0 saturated carbocycles. The number of hydrogen-bond acceptors (Lipinski definition) is 4. The van der Waals surface area contributed by atoms with E-state index < -0.39 is 16.1 Å². The maximum Gasteiger partial charge on any atom is 0.248 e. The molecule has 2 aromatic carbocycles. The molecule has 1 N–H and O–H groups in total. The molecule has 2 rings (SSSR count). The fourth-order valence-electron chi connectivity index (χ4n) is 2.56. The third-order valence-corrected chi connectivity index (χ3v) is 5.75. The van der Waals surface area contributed by atoms with Crippen molar-refractivity contribution in [3.8, 4) is 0 Å². The van der Waals surface area contributed by atoms with E-state index in [4.69, 9.17) is 0 Å². The van der Waals surface area contributed by atoms with Crippen molar-refractivity contribution in [2.24, 2.45) is 0 Å². The Morgan fingerprint density at radius 2 is 1.84 bits per heavy atom. The summed E-state index contributed by atoms with van der Waals surface area (Å²) in [7, 11) is -3.62. The minimum atomic E-state index is -3.62. The smallest absolute Gasteiger partial charge is 0.248 e. The van der Waals surface area contributed by atoms with Gasteiger partial charge < -0.3 is 5.32 Å². The van der Waals surface area contributed by atoms with E-state index in [1.165, 1.54) is 11.8 Å². The van der Waals surface area contributed by atoms with Crippen molar-refractivity contribution in [3.05, 3.63) is 54.1 Å². The van der Waals surface area contributed by atoms with Gasteiger partial charge >= 0.3 is 0 Å². The Hall–Kier alpha value is -1.99. The highest BCUT2D eigenvalue weighted by Gasteiger charge is 2.29. The van der Waals surface area contributed by atoms with Gasteiger partial charge in [0.1, 0.15) is 6.04 Å². The van der Waals surface area contributed by atoms with E-state index in [0.717, 1.165) is 21.0 Å². The first kappa shape index (κ1) is 19.3. The number of nitrogens with zero attached hydrogens (tertiary/aromatic N) is 1. The van der Waals surface area contributed by atoms with Gasteiger partial charge in [0, 0.05) is 4.90 Å². The average Bonchev–Trinajstić information content (AvgIpc) is 2.54. The van der Waals surface area contributed by atoms with E-state index >= 15 is 0 Å². The lowest BCUT2D eigenvalue weighted by molar-refractivity contribution is -0.116. The Labute approximate surface area is 153 Å². The summed E-state index contributed by atoms with van der Waals surface area (Å²) in [6.07, 6.45) is 3.03. The highest BCUT2D eigenvalue weighted by Crippen LogP contribution is 2.26. The Bertz CT molecular complexity index is 866. The van der Waals surface area contributed by atoms with Crippen molar-refractivity contribution in [2.45, 2.75) is 24.8 Å². The van der Waals surface area contributed by atoms with Gasteiger partial charge in [0.2, 0.25) is 15.9 Å². The van der Waals surface area contributed by atoms with Crippen molar-refractivity contribution in [1.29, 1.82) is 0 Å². The molecular weight excluding hydrogens is 356 g/mol. The summed E-state index contributed by atoms with van der Waals surface area (Å²) in [5, 5.41) is 2.83. The van der Waals surface area contributed by atoms with Gasteiger partial charge in [-0.05, 0) is 49.9 Å². The fourth-order valence-corrected chi connectivity index (χ4v) is 4.28. The number of aryl methyl sites for hydroxylation is 1. The molecule has 0 aliphatic heterocycles. The molecule has 1 amide bonds. The number of rotatable bonds is 6. The van der Waals surface area contributed by atoms with E-state index in [1.54, 1.807) is 31.2 Å². The van der Waals surface area contributed by atoms with Crippen LogP contribution < -0.4 is 9.62 Å². The maximum atomic E-state index is 12.7. The Morgan fingerprint density at radius 1 is 1.16 bits per heavy atom. The summed E-state index contributed by atoms with van der Waals surface area (Å²) in [5.41, 5.74) is 2.07. The molecule has 1 atom stereocenters. The SMILES string of the molecule is CSc1ccccc1NC(=O)[C@@H](C)N(c1cccc(C)c1)S(C)(=O)=O. The standard InChI is InChI=1S/C18H22N2O3S2/c1-13-8-7-9-15(12-13)20(25(4,22)23)14(2)18(21)19-16-10-5-6-11-17(16)24-3/h5-12,14H,1-4H3,(H,19,21)/t14-/m1/s1. The zero-order valence-electron chi connectivity index (χ0n) is 14.7. The number of para-hydroxylation sites is 1. The summed E-state index contributed by atoms with van der Waals surface area (Å²) in [5.74, 6) is -0.381. The highest BCUT2D eigenvalue weighted by atomic mass is 32.2. The lowest BCUT2D eigenvalue weighted by Gasteiger charge is -2.28. The van der Waals surface area contributed by atoms with E-state index in [2.05, 4.69) is 5.32 Å². The lowest BCUT2D eigenvalue weighted by Crippen LogP contribution is -2.45. The van der Waals surface area contributed by atoms with Crippen LogP contribution in [0.1, 0.15) is 12.5 Å². The van der Waals surface area contributed by atoms with Crippen LogP contribution >= 0.6 is 11.8 Å². The zero-order chi connectivity index (χ0) is 18.6. The second-order valence-electron chi connectivity index (χ2n) is 5.76. The number of amides is 1. The van der Waals surface area contributed by atoms with Crippen LogP contribution in [-0.4, -0.2) is 32.9 Å². The fraction of sp³-hybridized carbons (Fsp3) is 0.278. The second-order valence-corrected chi connectivity index (χ2v) is 8.47. The van der Waals surface area contributed by atoms with Gasteiger partial charge in [-0.2, -0.15) is 0 Å². The van der Waals surface area contributed by atoms with Gasteiger partial charge in [-0.25, -0.2) is 8.42 Å². The van der Waals surface area contributed by atoms with Crippen LogP contribution in [0.4, 0.5) is 11.4 Å². The molecule has 0 bridgehead atoms.